The molecule has 0 spiro atoms. The van der Waals surface area contributed by atoms with E-state index in [1.54, 1.807) is 25.1 Å². The van der Waals surface area contributed by atoms with Crippen molar-refractivity contribution in [3.8, 4) is 0 Å². The number of hydrogen-bond donors (Lipinski definition) is 2. The normalized spacial score (nSPS) is 13.7. The highest BCUT2D eigenvalue weighted by Crippen LogP contribution is 2.23. The molecule has 0 aliphatic rings. The number of ether oxygens (including phenoxy) is 1. The maximum absolute atomic E-state index is 11.2. The maximum atomic E-state index is 11.2. The van der Waals surface area contributed by atoms with Crippen LogP contribution in [0.1, 0.15) is 40.9 Å². The first kappa shape index (κ1) is 15.3. The van der Waals surface area contributed by atoms with Crippen LogP contribution in [-0.2, 0) is 9.53 Å². The molecule has 2 unspecified atom stereocenters. The van der Waals surface area contributed by atoms with Crippen molar-refractivity contribution in [3.05, 3.63) is 34.9 Å². The van der Waals surface area contributed by atoms with Gasteiger partial charge in [0.25, 0.3) is 0 Å². The van der Waals surface area contributed by atoms with Crippen molar-refractivity contribution in [2.24, 2.45) is 0 Å². The van der Waals surface area contributed by atoms with Gasteiger partial charge in [0, 0.05) is 5.56 Å². The lowest BCUT2D eigenvalue weighted by atomic mass is 9.95. The van der Waals surface area contributed by atoms with Crippen LogP contribution in [0.15, 0.2) is 18.2 Å². The molecular formula is C14H18O5. The fourth-order valence-corrected chi connectivity index (χ4v) is 1.80. The molecule has 2 atom stereocenters. The molecule has 0 saturated heterocycles. The lowest BCUT2D eigenvalue weighted by Gasteiger charge is -2.19. The zero-order chi connectivity index (χ0) is 14.6. The fraction of sp³-hybridized carbons (Fsp3) is 0.429. The molecule has 1 aromatic rings. The molecule has 0 aromatic heterocycles. The topological polar surface area (TPSA) is 83.8 Å². The highest BCUT2D eigenvalue weighted by Gasteiger charge is 2.23. The van der Waals surface area contributed by atoms with Crippen LogP contribution >= 0.6 is 0 Å². The van der Waals surface area contributed by atoms with Crippen molar-refractivity contribution in [1.82, 2.24) is 0 Å². The van der Waals surface area contributed by atoms with E-state index in [-0.39, 0.29) is 12.2 Å². The summed E-state index contributed by atoms with van der Waals surface area (Å²) in [7, 11) is 1.22. The van der Waals surface area contributed by atoms with Crippen molar-refractivity contribution in [3.63, 3.8) is 0 Å². The van der Waals surface area contributed by atoms with E-state index >= 15 is 0 Å². The number of aliphatic hydroxyl groups is 2. The molecule has 0 heterocycles. The molecule has 1 rings (SSSR count). The third-order valence-corrected chi connectivity index (χ3v) is 2.96. The highest BCUT2D eigenvalue weighted by atomic mass is 16.5. The first-order valence-corrected chi connectivity index (χ1v) is 5.91. The number of ketones is 1. The minimum absolute atomic E-state index is 0.0701. The summed E-state index contributed by atoms with van der Waals surface area (Å²) in [6.45, 7) is 3.19. The molecule has 0 bridgehead atoms. The molecule has 0 amide bonds. The number of benzene rings is 1. The molecule has 1 aromatic carbocycles. The molecule has 0 aliphatic heterocycles. The second kappa shape index (κ2) is 6.45. The smallest absolute Gasteiger partial charge is 0.308 e. The van der Waals surface area contributed by atoms with Gasteiger partial charge in [-0.15, -0.1) is 0 Å². The van der Waals surface area contributed by atoms with Crippen molar-refractivity contribution in [2.45, 2.75) is 32.5 Å². The van der Waals surface area contributed by atoms with Gasteiger partial charge in [-0.05, 0) is 31.0 Å². The van der Waals surface area contributed by atoms with E-state index in [9.17, 15) is 19.8 Å². The summed E-state index contributed by atoms with van der Waals surface area (Å²) >= 11 is 0. The molecule has 0 aliphatic carbocycles. The van der Waals surface area contributed by atoms with Gasteiger partial charge in [-0.2, -0.15) is 0 Å². The molecule has 0 fully saturated rings. The number of esters is 1. The van der Waals surface area contributed by atoms with Crippen LogP contribution in [0.3, 0.4) is 0 Å². The number of carbonyl (C=O) groups is 2. The van der Waals surface area contributed by atoms with E-state index in [4.69, 9.17) is 0 Å². The molecular weight excluding hydrogens is 248 g/mol. The van der Waals surface area contributed by atoms with Crippen molar-refractivity contribution >= 4 is 11.8 Å². The van der Waals surface area contributed by atoms with Crippen molar-refractivity contribution in [1.29, 1.82) is 0 Å². The fourth-order valence-electron chi connectivity index (χ4n) is 1.80. The van der Waals surface area contributed by atoms with Crippen LogP contribution in [0.5, 0.6) is 0 Å². The number of hydrogen-bond acceptors (Lipinski definition) is 5. The highest BCUT2D eigenvalue weighted by molar-refractivity contribution is 5.94. The second-order valence-corrected chi connectivity index (χ2v) is 4.42. The molecule has 0 radical (unpaired) electrons. The number of rotatable bonds is 5. The predicted molar refractivity (Wildman–Crippen MR) is 68.8 cm³/mol. The largest absolute Gasteiger partial charge is 0.469 e. The molecule has 2 N–H and O–H groups in total. The van der Waals surface area contributed by atoms with Crippen LogP contribution in [0, 0.1) is 6.92 Å². The Morgan fingerprint density at radius 2 is 1.95 bits per heavy atom. The van der Waals surface area contributed by atoms with Gasteiger partial charge < -0.3 is 14.9 Å². The third kappa shape index (κ3) is 3.87. The van der Waals surface area contributed by atoms with E-state index in [1.165, 1.54) is 14.0 Å². The number of aliphatic hydroxyl groups excluding tert-OH is 2. The van der Waals surface area contributed by atoms with Crippen molar-refractivity contribution < 1.29 is 24.5 Å². The Kier molecular flexibility index (Phi) is 5.20. The number of Topliss-reactive ketones (excluding diaryl/α,β-unsaturated/α-hetero) is 1. The molecule has 19 heavy (non-hydrogen) atoms. The number of methoxy groups -OCH3 is 1. The van der Waals surface area contributed by atoms with Crippen LogP contribution in [0.2, 0.25) is 0 Å². The molecule has 0 saturated carbocycles. The van der Waals surface area contributed by atoms with Crippen LogP contribution < -0.4 is 0 Å². The first-order valence-electron chi connectivity index (χ1n) is 5.91. The Bertz CT molecular complexity index is 481. The molecule has 5 heteroatoms. The van der Waals surface area contributed by atoms with Gasteiger partial charge in [-0.1, -0.05) is 12.1 Å². The number of aryl methyl sites for hydroxylation is 1. The standard InChI is InChI=1S/C14H18O5/c1-8-6-10(9(2)15)4-5-11(8)14(18)12(16)7-13(17)19-3/h4-6,12,14,16,18H,7H2,1-3H3. The minimum atomic E-state index is -1.24. The van der Waals surface area contributed by atoms with E-state index in [1.807, 2.05) is 0 Å². The third-order valence-electron chi connectivity index (χ3n) is 2.96. The summed E-state index contributed by atoms with van der Waals surface area (Å²) < 4.78 is 4.43. The SMILES string of the molecule is COC(=O)CC(O)C(O)c1ccc(C(C)=O)cc1C. The lowest BCUT2D eigenvalue weighted by molar-refractivity contribution is -0.144. The Morgan fingerprint density at radius 3 is 2.42 bits per heavy atom. The van der Waals surface area contributed by atoms with Gasteiger partial charge in [0.2, 0.25) is 0 Å². The van der Waals surface area contributed by atoms with Gasteiger partial charge in [0.1, 0.15) is 6.10 Å². The Labute approximate surface area is 111 Å². The summed E-state index contributed by atoms with van der Waals surface area (Å²) in [6.07, 6.45) is -2.72. The molecule has 104 valence electrons. The van der Waals surface area contributed by atoms with E-state index in [0.717, 1.165) is 0 Å². The monoisotopic (exact) mass is 266 g/mol. The van der Waals surface area contributed by atoms with Crippen molar-refractivity contribution in [2.75, 3.05) is 7.11 Å². The quantitative estimate of drug-likeness (QED) is 0.617. The van der Waals surface area contributed by atoms with Gasteiger partial charge in [-0.3, -0.25) is 9.59 Å². The summed E-state index contributed by atoms with van der Waals surface area (Å²) in [5.41, 5.74) is 1.71. The van der Waals surface area contributed by atoms with Gasteiger partial charge >= 0.3 is 5.97 Å². The summed E-state index contributed by atoms with van der Waals surface area (Å²) in [6, 6.07) is 4.81. The van der Waals surface area contributed by atoms with E-state index < -0.39 is 18.2 Å². The Hall–Kier alpha value is -1.72. The summed E-state index contributed by atoms with van der Waals surface area (Å²) in [4.78, 5) is 22.3. The van der Waals surface area contributed by atoms with E-state index in [0.29, 0.717) is 16.7 Å². The lowest BCUT2D eigenvalue weighted by Crippen LogP contribution is -2.23. The zero-order valence-corrected chi connectivity index (χ0v) is 11.2. The average Bonchev–Trinajstić information content (AvgIpc) is 2.37. The second-order valence-electron chi connectivity index (χ2n) is 4.42. The van der Waals surface area contributed by atoms with Gasteiger partial charge in [-0.25, -0.2) is 0 Å². The Morgan fingerprint density at radius 1 is 1.32 bits per heavy atom. The average molecular weight is 266 g/mol. The van der Waals surface area contributed by atoms with Crippen LogP contribution in [0.25, 0.3) is 0 Å². The number of carbonyl (C=O) groups excluding carboxylic acids is 2. The predicted octanol–water partition coefficient (Wildman–Crippen LogP) is 1.16. The van der Waals surface area contributed by atoms with Crippen LogP contribution in [-0.4, -0.2) is 35.2 Å². The van der Waals surface area contributed by atoms with Crippen LogP contribution in [0.4, 0.5) is 0 Å². The maximum Gasteiger partial charge on any atom is 0.308 e. The zero-order valence-electron chi connectivity index (χ0n) is 11.2. The minimum Gasteiger partial charge on any atom is -0.469 e. The summed E-state index contributed by atoms with van der Waals surface area (Å²) in [5, 5.41) is 19.8. The first-order chi connectivity index (χ1) is 8.86. The molecule has 5 nitrogen and oxygen atoms in total. The Balaban J connectivity index is 2.90. The van der Waals surface area contributed by atoms with Gasteiger partial charge in [0.15, 0.2) is 5.78 Å². The van der Waals surface area contributed by atoms with Gasteiger partial charge in [0.05, 0.1) is 19.6 Å². The van der Waals surface area contributed by atoms with E-state index in [2.05, 4.69) is 4.74 Å². The summed E-state index contributed by atoms with van der Waals surface area (Å²) in [5.74, 6) is -0.663.